The number of rotatable bonds is 14. The molecule has 0 radical (unpaired) electrons. The highest BCUT2D eigenvalue weighted by Gasteiger charge is 2.42. The Morgan fingerprint density at radius 1 is 1.02 bits per heavy atom. The predicted molar refractivity (Wildman–Crippen MR) is 162 cm³/mol. The number of hydrogen-bond acceptors (Lipinski definition) is 6. The number of ether oxygens (including phenoxy) is 2. The normalized spacial score (nSPS) is 12.1. The standard InChI is InChI=1S/C33H35F3N4O6/c1-4-22(41)11-6-5-7-12-27(39-29(42)17-24-19(2)38-26-14-13-23(45-3)16-25(24)26)30-37-18-28(40-30)20-9-8-10-21(15-20)31(43)46-32(44)33(34,35)36/h8-10,13-16,18,27,38H,4-7,11-12,17H2,1-3H3,(H,37,40)(H,39,42)/p+1/t27-/m0/s1. The fourth-order valence-electron chi connectivity index (χ4n) is 5.16. The number of Topliss-reactive ketones (excluding diaryl/α,β-unsaturated/α-hetero) is 1. The zero-order valence-corrected chi connectivity index (χ0v) is 25.7. The first kappa shape index (κ1) is 33.9. The third-order valence-electron chi connectivity index (χ3n) is 7.66. The minimum atomic E-state index is -5.30. The van der Waals surface area contributed by atoms with Gasteiger partial charge >= 0.3 is 18.1 Å². The number of methoxy groups -OCH3 is 1. The lowest BCUT2D eigenvalue weighted by atomic mass is 10.0. The van der Waals surface area contributed by atoms with E-state index in [0.29, 0.717) is 42.1 Å². The number of aromatic amines is 3. The van der Waals surface area contributed by atoms with Crippen LogP contribution in [0, 0.1) is 6.92 Å². The highest BCUT2D eigenvalue weighted by molar-refractivity contribution is 5.99. The average molecular weight is 642 g/mol. The summed E-state index contributed by atoms with van der Waals surface area (Å²) < 4.78 is 47.0. The van der Waals surface area contributed by atoms with Gasteiger partial charge in [-0.15, -0.1) is 0 Å². The summed E-state index contributed by atoms with van der Waals surface area (Å²) in [6, 6.07) is 10.7. The van der Waals surface area contributed by atoms with E-state index in [1.165, 1.54) is 18.2 Å². The van der Waals surface area contributed by atoms with Gasteiger partial charge in [-0.1, -0.05) is 31.9 Å². The number of H-pyrrole nitrogens is 3. The molecule has 2 heterocycles. The maximum absolute atomic E-state index is 13.4. The van der Waals surface area contributed by atoms with Gasteiger partial charge in [0.15, 0.2) is 5.69 Å². The number of imidazole rings is 1. The molecule has 0 aliphatic carbocycles. The Bertz CT molecular complexity index is 1730. The molecule has 13 heteroatoms. The maximum Gasteiger partial charge on any atom is 0.491 e. The Labute approximate surface area is 263 Å². The summed E-state index contributed by atoms with van der Waals surface area (Å²) in [6.07, 6.45) is 0.207. The van der Waals surface area contributed by atoms with Crippen molar-refractivity contribution >= 4 is 34.5 Å². The molecule has 4 rings (SSSR count). The molecular formula is C33H36F3N4O6+. The summed E-state index contributed by atoms with van der Waals surface area (Å²) in [5.74, 6) is -2.82. The molecule has 2 aromatic heterocycles. The molecule has 244 valence electrons. The van der Waals surface area contributed by atoms with E-state index in [9.17, 15) is 32.3 Å². The molecule has 0 aliphatic rings. The summed E-state index contributed by atoms with van der Waals surface area (Å²) in [7, 11) is 1.58. The zero-order chi connectivity index (χ0) is 33.4. The molecule has 1 atom stereocenters. The smallest absolute Gasteiger partial charge is 0.491 e. The molecule has 0 unspecified atom stereocenters. The van der Waals surface area contributed by atoms with Crippen LogP contribution in [0.3, 0.4) is 0 Å². The fraction of sp³-hybridized carbons (Fsp3) is 0.364. The lowest BCUT2D eigenvalue weighted by molar-refractivity contribution is -0.391. The number of benzene rings is 2. The molecule has 4 N–H and O–H groups in total. The number of carbonyl (C=O) groups excluding carboxylic acids is 4. The van der Waals surface area contributed by atoms with E-state index in [4.69, 9.17) is 4.74 Å². The second-order valence-electron chi connectivity index (χ2n) is 10.9. The summed E-state index contributed by atoms with van der Waals surface area (Å²) in [6.45, 7) is 3.73. The van der Waals surface area contributed by atoms with Crippen molar-refractivity contribution in [1.29, 1.82) is 0 Å². The molecule has 10 nitrogen and oxygen atoms in total. The number of fused-ring (bicyclic) bond motifs is 1. The largest absolute Gasteiger partial charge is 0.497 e. The van der Waals surface area contributed by atoms with Gasteiger partial charge in [-0.25, -0.2) is 19.6 Å². The number of esters is 2. The summed E-state index contributed by atoms with van der Waals surface area (Å²) in [5, 5.41) is 3.98. The van der Waals surface area contributed by atoms with Crippen LogP contribution in [0.2, 0.25) is 0 Å². The minimum Gasteiger partial charge on any atom is -0.497 e. The predicted octanol–water partition coefficient (Wildman–Crippen LogP) is 5.87. The number of aromatic nitrogens is 3. The van der Waals surface area contributed by atoms with Crippen molar-refractivity contribution in [2.75, 3.05) is 7.11 Å². The SMILES string of the molecule is CCC(=O)CCCCC[C@H](NC(=O)Cc1c(C)[nH]c2ccc(OC)cc12)c1[nH]c(-c2cccc(C(=O)OC(=O)C(F)(F)F)c2)c[nH+]1. The lowest BCUT2D eigenvalue weighted by Crippen LogP contribution is -2.33. The Morgan fingerprint density at radius 2 is 1.80 bits per heavy atom. The van der Waals surface area contributed by atoms with E-state index in [1.54, 1.807) is 19.4 Å². The van der Waals surface area contributed by atoms with Crippen LogP contribution in [0.15, 0.2) is 48.7 Å². The van der Waals surface area contributed by atoms with Crippen LogP contribution in [0.5, 0.6) is 5.75 Å². The monoisotopic (exact) mass is 641 g/mol. The van der Waals surface area contributed by atoms with E-state index < -0.39 is 24.2 Å². The van der Waals surface area contributed by atoms with Gasteiger partial charge in [-0.05, 0) is 55.7 Å². The first-order valence-electron chi connectivity index (χ1n) is 14.9. The van der Waals surface area contributed by atoms with E-state index in [2.05, 4.69) is 25.0 Å². The molecule has 0 aliphatic heterocycles. The van der Waals surface area contributed by atoms with Crippen molar-refractivity contribution in [2.45, 2.75) is 71.0 Å². The molecule has 0 saturated heterocycles. The number of aryl methyl sites for hydroxylation is 1. The number of carbonyl (C=O) groups is 4. The van der Waals surface area contributed by atoms with Crippen molar-refractivity contribution in [2.24, 2.45) is 0 Å². The Morgan fingerprint density at radius 3 is 2.52 bits per heavy atom. The van der Waals surface area contributed by atoms with Crippen molar-refractivity contribution in [3.63, 3.8) is 0 Å². The van der Waals surface area contributed by atoms with Crippen LogP contribution in [0.1, 0.15) is 78.9 Å². The number of hydrogen-bond donors (Lipinski definition) is 3. The number of halogens is 3. The molecular weight excluding hydrogens is 605 g/mol. The van der Waals surface area contributed by atoms with Gasteiger partial charge in [0.2, 0.25) is 5.91 Å². The number of ketones is 1. The summed E-state index contributed by atoms with van der Waals surface area (Å²) in [4.78, 5) is 58.1. The maximum atomic E-state index is 13.4. The average Bonchev–Trinajstić information content (AvgIpc) is 3.64. The Balaban J connectivity index is 1.52. The molecule has 0 fully saturated rings. The van der Waals surface area contributed by atoms with Crippen LogP contribution < -0.4 is 15.0 Å². The molecule has 4 aromatic rings. The van der Waals surface area contributed by atoms with Gasteiger partial charge in [0.05, 0.1) is 19.1 Å². The summed E-state index contributed by atoms with van der Waals surface area (Å²) in [5.41, 5.74) is 3.26. The second kappa shape index (κ2) is 14.9. The van der Waals surface area contributed by atoms with Gasteiger partial charge in [0.25, 0.3) is 5.82 Å². The second-order valence-corrected chi connectivity index (χ2v) is 10.9. The van der Waals surface area contributed by atoms with E-state index >= 15 is 0 Å². The highest BCUT2D eigenvalue weighted by atomic mass is 19.4. The van der Waals surface area contributed by atoms with Gasteiger partial charge in [-0.2, -0.15) is 13.2 Å². The van der Waals surface area contributed by atoms with Crippen LogP contribution in [0.25, 0.3) is 22.2 Å². The Kier molecular flexibility index (Phi) is 11.0. The van der Waals surface area contributed by atoms with Crippen molar-refractivity contribution in [3.8, 4) is 17.0 Å². The van der Waals surface area contributed by atoms with Crippen molar-refractivity contribution < 1.29 is 46.8 Å². The number of unbranched alkanes of at least 4 members (excludes halogenated alkanes) is 2. The van der Waals surface area contributed by atoms with E-state index in [-0.39, 0.29) is 23.7 Å². The van der Waals surface area contributed by atoms with E-state index in [0.717, 1.165) is 41.4 Å². The minimum absolute atomic E-state index is 0.106. The van der Waals surface area contributed by atoms with E-state index in [1.807, 2.05) is 32.0 Å². The molecule has 0 saturated carbocycles. The quantitative estimate of drug-likeness (QED) is 0.0893. The lowest BCUT2D eigenvalue weighted by Gasteiger charge is -2.14. The first-order chi connectivity index (χ1) is 21.9. The first-order valence-corrected chi connectivity index (χ1v) is 14.9. The highest BCUT2D eigenvalue weighted by Crippen LogP contribution is 2.28. The number of nitrogens with one attached hydrogen (secondary N) is 4. The topological polar surface area (TPSA) is 144 Å². The van der Waals surface area contributed by atoms with Crippen LogP contribution in [0.4, 0.5) is 13.2 Å². The van der Waals surface area contributed by atoms with Gasteiger partial charge in [0.1, 0.15) is 23.8 Å². The molecule has 0 bridgehead atoms. The molecule has 1 amide bonds. The summed E-state index contributed by atoms with van der Waals surface area (Å²) >= 11 is 0. The fourth-order valence-corrected chi connectivity index (χ4v) is 5.16. The number of alkyl halides is 3. The van der Waals surface area contributed by atoms with Gasteiger partial charge in [-0.3, -0.25) is 9.59 Å². The molecule has 46 heavy (non-hydrogen) atoms. The van der Waals surface area contributed by atoms with Crippen LogP contribution in [-0.2, 0) is 25.5 Å². The third kappa shape index (κ3) is 8.61. The zero-order valence-electron chi connectivity index (χ0n) is 25.7. The van der Waals surface area contributed by atoms with Crippen molar-refractivity contribution in [3.05, 3.63) is 71.3 Å². The van der Waals surface area contributed by atoms with Gasteiger partial charge < -0.3 is 19.8 Å². The van der Waals surface area contributed by atoms with Crippen LogP contribution in [-0.4, -0.2) is 46.9 Å². The van der Waals surface area contributed by atoms with Gasteiger partial charge in [0, 0.05) is 35.0 Å². The third-order valence-corrected chi connectivity index (χ3v) is 7.66. The Hall–Kier alpha value is -4.94. The van der Waals surface area contributed by atoms with Crippen molar-refractivity contribution in [1.82, 2.24) is 15.3 Å². The molecule has 2 aromatic carbocycles. The number of amides is 1. The van der Waals surface area contributed by atoms with Crippen LogP contribution >= 0.6 is 0 Å². The molecule has 0 spiro atoms.